The van der Waals surface area contributed by atoms with Crippen molar-refractivity contribution < 1.29 is 23.9 Å². The molecule has 0 aliphatic carbocycles. The van der Waals surface area contributed by atoms with Crippen LogP contribution in [0.4, 0.5) is 4.79 Å². The highest BCUT2D eigenvalue weighted by Crippen LogP contribution is 2.25. The molecule has 0 aromatic heterocycles. The second kappa shape index (κ2) is 8.93. The fourth-order valence-electron chi connectivity index (χ4n) is 1.54. The monoisotopic (exact) mass is 326 g/mol. The first-order valence-electron chi connectivity index (χ1n) is 6.48. The minimum Gasteiger partial charge on any atom is -0.496 e. The summed E-state index contributed by atoms with van der Waals surface area (Å²) < 4.78 is 10.0. The number of methoxy groups -OCH3 is 1. The lowest BCUT2D eigenvalue weighted by Crippen LogP contribution is -2.41. The van der Waals surface area contributed by atoms with Crippen LogP contribution in [0.2, 0.25) is 0 Å². The van der Waals surface area contributed by atoms with Gasteiger partial charge < -0.3 is 14.8 Å². The lowest BCUT2D eigenvalue weighted by atomic mass is 10.2. The summed E-state index contributed by atoms with van der Waals surface area (Å²) in [6, 6.07) is 4.38. The van der Waals surface area contributed by atoms with Gasteiger partial charge in [0.05, 0.1) is 7.11 Å². The molecule has 3 amide bonds. The molecule has 1 aromatic carbocycles. The molecule has 2 N–H and O–H groups in total. The van der Waals surface area contributed by atoms with Gasteiger partial charge in [-0.3, -0.25) is 10.1 Å². The maximum Gasteiger partial charge on any atom is 0.342 e. The van der Waals surface area contributed by atoms with E-state index in [2.05, 4.69) is 5.32 Å². The van der Waals surface area contributed by atoms with Crippen LogP contribution in [0.3, 0.4) is 0 Å². The van der Waals surface area contributed by atoms with Crippen LogP contribution in [-0.4, -0.2) is 44.4 Å². The number of hydrogen-bond donors (Lipinski definition) is 2. The molecular weight excluding hydrogens is 308 g/mol. The Morgan fingerprint density at radius 3 is 2.59 bits per heavy atom. The molecule has 0 atom stereocenters. The van der Waals surface area contributed by atoms with E-state index in [1.165, 1.54) is 18.9 Å². The molecule has 7 nitrogen and oxygen atoms in total. The molecule has 0 fully saturated rings. The van der Waals surface area contributed by atoms with Gasteiger partial charge in [0.25, 0.3) is 5.91 Å². The summed E-state index contributed by atoms with van der Waals surface area (Å²) in [7, 11) is 1.44. The SMILES string of the molecule is CCNC(=O)NC(=O)COC(=O)c1ccc(SC)cc1OC. The number of imide groups is 1. The van der Waals surface area contributed by atoms with Gasteiger partial charge in [0.1, 0.15) is 11.3 Å². The number of urea groups is 1. The number of rotatable bonds is 6. The van der Waals surface area contributed by atoms with Crippen molar-refractivity contribution in [2.45, 2.75) is 11.8 Å². The van der Waals surface area contributed by atoms with Gasteiger partial charge >= 0.3 is 12.0 Å². The van der Waals surface area contributed by atoms with E-state index in [1.54, 1.807) is 25.1 Å². The largest absolute Gasteiger partial charge is 0.496 e. The Kier molecular flexibility index (Phi) is 7.24. The first-order valence-corrected chi connectivity index (χ1v) is 7.71. The van der Waals surface area contributed by atoms with Gasteiger partial charge in [-0.1, -0.05) is 0 Å². The summed E-state index contributed by atoms with van der Waals surface area (Å²) in [6.45, 7) is 1.55. The highest BCUT2D eigenvalue weighted by Gasteiger charge is 2.16. The highest BCUT2D eigenvalue weighted by atomic mass is 32.2. The van der Waals surface area contributed by atoms with Gasteiger partial charge in [-0.05, 0) is 31.4 Å². The molecule has 0 saturated heterocycles. The van der Waals surface area contributed by atoms with Gasteiger partial charge in [0, 0.05) is 11.4 Å². The van der Waals surface area contributed by atoms with Crippen LogP contribution in [0.1, 0.15) is 17.3 Å². The number of carbonyl (C=O) groups excluding carboxylic acids is 3. The Morgan fingerprint density at radius 1 is 1.27 bits per heavy atom. The zero-order chi connectivity index (χ0) is 16.5. The van der Waals surface area contributed by atoms with Gasteiger partial charge in [-0.25, -0.2) is 9.59 Å². The van der Waals surface area contributed by atoms with Crippen molar-refractivity contribution in [1.29, 1.82) is 0 Å². The molecule has 0 bridgehead atoms. The minimum atomic E-state index is -0.709. The van der Waals surface area contributed by atoms with Gasteiger partial charge in [0.15, 0.2) is 6.61 Å². The van der Waals surface area contributed by atoms with Crippen molar-refractivity contribution in [3.63, 3.8) is 0 Å². The van der Waals surface area contributed by atoms with Crippen molar-refractivity contribution in [2.24, 2.45) is 0 Å². The van der Waals surface area contributed by atoms with Crippen LogP contribution >= 0.6 is 11.8 Å². The number of thioether (sulfide) groups is 1. The predicted molar refractivity (Wildman–Crippen MR) is 82.3 cm³/mol. The normalized spacial score (nSPS) is 9.77. The quantitative estimate of drug-likeness (QED) is 0.606. The van der Waals surface area contributed by atoms with Crippen LogP contribution in [0.15, 0.2) is 23.1 Å². The predicted octanol–water partition coefficient (Wildman–Crippen LogP) is 1.42. The molecule has 1 aromatic rings. The lowest BCUT2D eigenvalue weighted by Gasteiger charge is -2.10. The average Bonchev–Trinajstić information content (AvgIpc) is 2.52. The maximum absolute atomic E-state index is 12.0. The Bertz CT molecular complexity index is 562. The van der Waals surface area contributed by atoms with Crippen LogP contribution in [0, 0.1) is 0 Å². The van der Waals surface area contributed by atoms with Crippen LogP contribution < -0.4 is 15.4 Å². The van der Waals surface area contributed by atoms with Crippen LogP contribution in [0.25, 0.3) is 0 Å². The standard InChI is InChI=1S/C14H18N2O5S/c1-4-15-14(19)16-12(17)8-21-13(18)10-6-5-9(22-3)7-11(10)20-2/h5-7H,4,8H2,1-3H3,(H2,15,16,17,19). The molecule has 0 radical (unpaired) electrons. The zero-order valence-corrected chi connectivity index (χ0v) is 13.4. The highest BCUT2D eigenvalue weighted by molar-refractivity contribution is 7.98. The molecule has 0 aliphatic heterocycles. The third-order valence-electron chi connectivity index (χ3n) is 2.55. The molecule has 0 unspecified atom stereocenters. The zero-order valence-electron chi connectivity index (χ0n) is 12.6. The molecule has 0 heterocycles. The maximum atomic E-state index is 12.0. The topological polar surface area (TPSA) is 93.7 Å². The number of amides is 3. The Morgan fingerprint density at radius 2 is 2.00 bits per heavy atom. The van der Waals surface area contributed by atoms with E-state index in [4.69, 9.17) is 9.47 Å². The van der Waals surface area contributed by atoms with Crippen LogP contribution in [-0.2, 0) is 9.53 Å². The number of ether oxygens (including phenoxy) is 2. The Labute approximate surface area is 132 Å². The first kappa shape index (κ1) is 17.8. The summed E-state index contributed by atoms with van der Waals surface area (Å²) >= 11 is 1.51. The minimum absolute atomic E-state index is 0.214. The van der Waals surface area contributed by atoms with Gasteiger partial charge in [-0.2, -0.15) is 0 Å². The van der Waals surface area contributed by atoms with E-state index in [0.717, 1.165) is 4.90 Å². The number of benzene rings is 1. The van der Waals surface area contributed by atoms with Crippen molar-refractivity contribution in [3.05, 3.63) is 23.8 Å². The molecule has 0 aliphatic rings. The van der Waals surface area contributed by atoms with E-state index in [9.17, 15) is 14.4 Å². The van der Waals surface area contributed by atoms with E-state index in [-0.39, 0.29) is 5.56 Å². The Hall–Kier alpha value is -2.22. The lowest BCUT2D eigenvalue weighted by molar-refractivity contribution is -0.123. The number of carbonyl (C=O) groups is 3. The molecular formula is C14H18N2O5S. The summed E-state index contributed by atoms with van der Waals surface area (Å²) in [5.74, 6) is -1.05. The molecule has 120 valence electrons. The molecule has 1 rings (SSSR count). The molecule has 22 heavy (non-hydrogen) atoms. The summed E-state index contributed by atoms with van der Waals surface area (Å²) in [6.07, 6.45) is 1.90. The van der Waals surface area contributed by atoms with E-state index < -0.39 is 24.5 Å². The summed E-state index contributed by atoms with van der Waals surface area (Å²) in [4.78, 5) is 35.5. The number of esters is 1. The number of hydrogen-bond acceptors (Lipinski definition) is 6. The first-order chi connectivity index (χ1) is 10.5. The summed E-state index contributed by atoms with van der Waals surface area (Å²) in [5, 5.41) is 4.43. The van der Waals surface area contributed by atoms with Crippen molar-refractivity contribution in [1.82, 2.24) is 10.6 Å². The van der Waals surface area contributed by atoms with E-state index >= 15 is 0 Å². The molecule has 0 spiro atoms. The average molecular weight is 326 g/mol. The van der Waals surface area contributed by atoms with Crippen molar-refractivity contribution in [2.75, 3.05) is 26.5 Å². The second-order valence-corrected chi connectivity index (χ2v) is 4.93. The fourth-order valence-corrected chi connectivity index (χ4v) is 1.97. The molecule has 0 saturated carbocycles. The fraction of sp³-hybridized carbons (Fsp3) is 0.357. The third kappa shape index (κ3) is 5.28. The Balaban J connectivity index is 2.62. The second-order valence-electron chi connectivity index (χ2n) is 4.05. The van der Waals surface area contributed by atoms with Crippen LogP contribution in [0.5, 0.6) is 5.75 Å². The van der Waals surface area contributed by atoms with Crippen molar-refractivity contribution >= 4 is 29.7 Å². The van der Waals surface area contributed by atoms with Gasteiger partial charge in [-0.15, -0.1) is 11.8 Å². The summed E-state index contributed by atoms with van der Waals surface area (Å²) in [5.41, 5.74) is 0.214. The van der Waals surface area contributed by atoms with Gasteiger partial charge in [0.2, 0.25) is 0 Å². The molecule has 8 heteroatoms. The van der Waals surface area contributed by atoms with E-state index in [1.807, 2.05) is 11.6 Å². The smallest absolute Gasteiger partial charge is 0.342 e. The third-order valence-corrected chi connectivity index (χ3v) is 3.28. The van der Waals surface area contributed by atoms with Crippen molar-refractivity contribution in [3.8, 4) is 5.75 Å². The number of nitrogens with one attached hydrogen (secondary N) is 2. The van der Waals surface area contributed by atoms with E-state index in [0.29, 0.717) is 12.3 Å².